The number of rotatable bonds is 14. The van der Waals surface area contributed by atoms with E-state index in [0.717, 1.165) is 34.7 Å². The Morgan fingerprint density at radius 3 is 2.28 bits per heavy atom. The number of nitrogens with zero attached hydrogens (tertiary/aromatic N) is 3. The molecule has 4 aromatic rings. The molecule has 39 heavy (non-hydrogen) atoms. The van der Waals surface area contributed by atoms with E-state index < -0.39 is 6.10 Å². The van der Waals surface area contributed by atoms with Crippen molar-refractivity contribution >= 4 is 0 Å². The van der Waals surface area contributed by atoms with Crippen molar-refractivity contribution in [3.8, 4) is 28.6 Å². The molecule has 7 heteroatoms. The van der Waals surface area contributed by atoms with Crippen molar-refractivity contribution in [1.82, 2.24) is 14.7 Å². The summed E-state index contributed by atoms with van der Waals surface area (Å²) in [5, 5.41) is 15.8. The van der Waals surface area contributed by atoms with Gasteiger partial charge in [0.05, 0.1) is 32.0 Å². The molecule has 0 spiro atoms. The van der Waals surface area contributed by atoms with Crippen LogP contribution in [0, 0.1) is 5.92 Å². The third kappa shape index (κ3) is 8.17. The van der Waals surface area contributed by atoms with Crippen LogP contribution in [0.4, 0.5) is 0 Å². The van der Waals surface area contributed by atoms with Crippen LogP contribution in [0.5, 0.6) is 17.4 Å². The number of hydrogen-bond acceptors (Lipinski definition) is 6. The highest BCUT2D eigenvalue weighted by atomic mass is 16.5. The molecule has 0 saturated heterocycles. The Bertz CT molecular complexity index is 1290. The fraction of sp³-hybridized carbons (Fsp3) is 0.344. The highest BCUT2D eigenvalue weighted by Crippen LogP contribution is 2.35. The maximum Gasteiger partial charge on any atom is 0.222 e. The second kappa shape index (κ2) is 13.9. The molecule has 4 rings (SSSR count). The predicted octanol–water partition coefficient (Wildman–Crippen LogP) is 5.92. The van der Waals surface area contributed by atoms with Crippen molar-refractivity contribution in [2.24, 2.45) is 13.0 Å². The minimum Gasteiger partial charge on any atom is -0.497 e. The molecule has 1 heterocycles. The highest BCUT2D eigenvalue weighted by Gasteiger charge is 2.24. The summed E-state index contributed by atoms with van der Waals surface area (Å²) in [6, 6.07) is 27.7. The number of aromatic nitrogens is 2. The van der Waals surface area contributed by atoms with Crippen molar-refractivity contribution in [3.05, 3.63) is 96.1 Å². The van der Waals surface area contributed by atoms with E-state index in [1.807, 2.05) is 79.8 Å². The Kier molecular flexibility index (Phi) is 10.1. The van der Waals surface area contributed by atoms with E-state index in [4.69, 9.17) is 19.3 Å². The average Bonchev–Trinajstić information content (AvgIpc) is 3.23. The Morgan fingerprint density at radius 1 is 0.897 bits per heavy atom. The van der Waals surface area contributed by atoms with Gasteiger partial charge in [-0.05, 0) is 23.6 Å². The van der Waals surface area contributed by atoms with Gasteiger partial charge >= 0.3 is 0 Å². The molecule has 1 N–H and O–H groups in total. The summed E-state index contributed by atoms with van der Waals surface area (Å²) in [7, 11) is 3.53. The first-order valence-corrected chi connectivity index (χ1v) is 13.4. The second-order valence-corrected chi connectivity index (χ2v) is 10.1. The van der Waals surface area contributed by atoms with Gasteiger partial charge in [0.25, 0.3) is 0 Å². The monoisotopic (exact) mass is 529 g/mol. The smallest absolute Gasteiger partial charge is 0.222 e. The van der Waals surface area contributed by atoms with Crippen LogP contribution in [0.25, 0.3) is 11.3 Å². The normalized spacial score (nSPS) is 12.2. The van der Waals surface area contributed by atoms with E-state index in [9.17, 15) is 5.11 Å². The van der Waals surface area contributed by atoms with Crippen LogP contribution in [0.15, 0.2) is 84.9 Å². The van der Waals surface area contributed by atoms with Crippen LogP contribution < -0.4 is 9.47 Å². The number of ether oxygens (including phenoxy) is 3. The lowest BCUT2D eigenvalue weighted by Crippen LogP contribution is -2.37. The molecule has 0 amide bonds. The standard InChI is InChI=1S/C32H39N3O4/c1-24(2)19-35(20-27(36)23-38-22-25-12-7-5-8-13-25)21-30-31(26-14-9-6-10-15-26)33-34(3)32(30)39-29-17-11-16-28(18-29)37-4/h5-18,24,27,36H,19-23H2,1-4H3/t27-/m1/s1. The fourth-order valence-electron chi connectivity index (χ4n) is 4.61. The molecule has 206 valence electrons. The van der Waals surface area contributed by atoms with Crippen molar-refractivity contribution in [2.45, 2.75) is 33.1 Å². The molecular weight excluding hydrogens is 490 g/mol. The first-order valence-electron chi connectivity index (χ1n) is 13.4. The van der Waals surface area contributed by atoms with Crippen molar-refractivity contribution in [3.63, 3.8) is 0 Å². The van der Waals surface area contributed by atoms with Crippen molar-refractivity contribution in [1.29, 1.82) is 0 Å². The zero-order valence-corrected chi connectivity index (χ0v) is 23.3. The summed E-state index contributed by atoms with van der Waals surface area (Å²) in [5.41, 5.74) is 3.93. The summed E-state index contributed by atoms with van der Waals surface area (Å²) in [4.78, 5) is 2.25. The number of aliphatic hydroxyl groups excluding tert-OH is 1. The molecular formula is C32H39N3O4. The van der Waals surface area contributed by atoms with Gasteiger partial charge in [0.15, 0.2) is 0 Å². The van der Waals surface area contributed by atoms with Crippen LogP contribution in [-0.4, -0.2) is 52.7 Å². The maximum atomic E-state index is 10.9. The molecule has 0 unspecified atom stereocenters. The Hall–Kier alpha value is -3.65. The minimum absolute atomic E-state index is 0.259. The Balaban J connectivity index is 1.57. The molecule has 1 aromatic heterocycles. The molecule has 3 aromatic carbocycles. The third-order valence-corrected chi connectivity index (χ3v) is 6.29. The topological polar surface area (TPSA) is 69.0 Å². The van der Waals surface area contributed by atoms with Crippen LogP contribution in [0.3, 0.4) is 0 Å². The Morgan fingerprint density at radius 2 is 1.59 bits per heavy atom. The zero-order chi connectivity index (χ0) is 27.6. The van der Waals surface area contributed by atoms with Gasteiger partial charge in [-0.25, -0.2) is 4.68 Å². The van der Waals surface area contributed by atoms with E-state index in [2.05, 4.69) is 30.9 Å². The van der Waals surface area contributed by atoms with Crippen LogP contribution in [-0.2, 0) is 24.9 Å². The van der Waals surface area contributed by atoms with Gasteiger partial charge in [-0.1, -0.05) is 80.6 Å². The van der Waals surface area contributed by atoms with Gasteiger partial charge in [0, 0.05) is 38.3 Å². The number of aryl methyl sites for hydroxylation is 1. The molecule has 7 nitrogen and oxygen atoms in total. The number of hydrogen-bond donors (Lipinski definition) is 1. The SMILES string of the molecule is COc1cccc(Oc2c(CN(CC(C)C)C[C@@H](O)COCc3ccccc3)c(-c3ccccc3)nn2C)c1. The van der Waals surface area contributed by atoms with Crippen molar-refractivity contribution in [2.75, 3.05) is 26.8 Å². The van der Waals surface area contributed by atoms with E-state index >= 15 is 0 Å². The molecule has 0 fully saturated rings. The first kappa shape index (κ1) is 28.4. The maximum absolute atomic E-state index is 10.9. The van der Waals surface area contributed by atoms with Gasteiger partial charge in [-0.15, -0.1) is 0 Å². The van der Waals surface area contributed by atoms with Gasteiger partial charge in [-0.2, -0.15) is 5.10 Å². The lowest BCUT2D eigenvalue weighted by molar-refractivity contribution is 0.00671. The van der Waals surface area contributed by atoms with Crippen LogP contribution >= 0.6 is 0 Å². The molecule has 1 atom stereocenters. The second-order valence-electron chi connectivity index (χ2n) is 10.1. The van der Waals surface area contributed by atoms with Crippen LogP contribution in [0.2, 0.25) is 0 Å². The molecule has 0 aliphatic heterocycles. The molecule has 0 saturated carbocycles. The summed E-state index contributed by atoms with van der Waals surface area (Å²) < 4.78 is 19.4. The molecule has 0 aliphatic rings. The third-order valence-electron chi connectivity index (χ3n) is 6.29. The van der Waals surface area contributed by atoms with Gasteiger partial charge in [0.1, 0.15) is 17.2 Å². The van der Waals surface area contributed by atoms with Gasteiger partial charge in [0.2, 0.25) is 5.88 Å². The van der Waals surface area contributed by atoms with Gasteiger partial charge in [-0.3, -0.25) is 4.90 Å². The minimum atomic E-state index is -0.632. The molecule has 0 bridgehead atoms. The van der Waals surface area contributed by atoms with E-state index in [1.165, 1.54) is 0 Å². The average molecular weight is 530 g/mol. The van der Waals surface area contributed by atoms with E-state index in [0.29, 0.717) is 37.2 Å². The lowest BCUT2D eigenvalue weighted by atomic mass is 10.1. The first-order chi connectivity index (χ1) is 18.9. The number of benzene rings is 3. The van der Waals surface area contributed by atoms with Gasteiger partial charge < -0.3 is 19.3 Å². The number of aliphatic hydroxyl groups is 1. The summed E-state index contributed by atoms with van der Waals surface area (Å²) in [6.45, 7) is 6.93. The molecule has 0 radical (unpaired) electrons. The quantitative estimate of drug-likeness (QED) is 0.219. The summed E-state index contributed by atoms with van der Waals surface area (Å²) in [5.74, 6) is 2.45. The Labute approximate surface area is 231 Å². The van der Waals surface area contributed by atoms with Crippen molar-refractivity contribution < 1.29 is 19.3 Å². The zero-order valence-electron chi connectivity index (χ0n) is 23.3. The fourth-order valence-corrected chi connectivity index (χ4v) is 4.61. The largest absolute Gasteiger partial charge is 0.497 e. The van der Waals surface area contributed by atoms with Crippen LogP contribution in [0.1, 0.15) is 25.0 Å². The predicted molar refractivity (Wildman–Crippen MR) is 154 cm³/mol. The molecule has 0 aliphatic carbocycles. The summed E-state index contributed by atoms with van der Waals surface area (Å²) in [6.07, 6.45) is -0.632. The van der Waals surface area contributed by atoms with E-state index in [-0.39, 0.29) is 6.61 Å². The number of methoxy groups -OCH3 is 1. The highest BCUT2D eigenvalue weighted by molar-refractivity contribution is 5.65. The summed E-state index contributed by atoms with van der Waals surface area (Å²) >= 11 is 0. The van der Waals surface area contributed by atoms with E-state index in [1.54, 1.807) is 11.8 Å². The lowest BCUT2D eigenvalue weighted by Gasteiger charge is -2.27.